The molecule has 1 fully saturated rings. The average Bonchev–Trinajstić information content (AvgIpc) is 3.09. The summed E-state index contributed by atoms with van der Waals surface area (Å²) in [5.41, 5.74) is 6.03. The molecule has 0 atom stereocenters. The Morgan fingerprint density at radius 3 is 2.64 bits per heavy atom. The molecule has 3 aromatic heterocycles. The van der Waals surface area contributed by atoms with Crippen molar-refractivity contribution in [3.05, 3.63) is 36.3 Å². The van der Waals surface area contributed by atoms with Crippen LogP contribution in [0.25, 0.3) is 16.9 Å². The van der Waals surface area contributed by atoms with Crippen LogP contribution in [0.1, 0.15) is 0 Å². The molecule has 4 heterocycles. The molecule has 0 unspecified atom stereocenters. The van der Waals surface area contributed by atoms with Crippen LogP contribution in [0.2, 0.25) is 0 Å². The molecular weight excluding hydrogens is 387 g/mol. The molecule has 4 rings (SSSR count). The van der Waals surface area contributed by atoms with Gasteiger partial charge in [-0.25, -0.2) is 9.37 Å². The van der Waals surface area contributed by atoms with Gasteiger partial charge in [-0.1, -0.05) is 0 Å². The third-order valence-corrected chi connectivity index (χ3v) is 8.23. The number of nitrogens with zero attached hydrogens (tertiary/aromatic N) is 4. The molecule has 3 aromatic rings. The van der Waals surface area contributed by atoms with E-state index in [0.29, 0.717) is 34.7 Å². The van der Waals surface area contributed by atoms with Crippen molar-refractivity contribution in [1.29, 1.82) is 0 Å². The molecule has 0 amide bonds. The zero-order valence-corrected chi connectivity index (χ0v) is 16.4. The van der Waals surface area contributed by atoms with Crippen molar-refractivity contribution >= 4 is 23.9 Å². The molecule has 7 nitrogen and oxygen atoms in total. The molecule has 1 aliphatic heterocycles. The summed E-state index contributed by atoms with van der Waals surface area (Å²) in [4.78, 5) is 9.80. The van der Waals surface area contributed by atoms with E-state index in [1.807, 2.05) is 7.05 Å². The Labute approximate surface area is 160 Å². The van der Waals surface area contributed by atoms with Gasteiger partial charge >= 0.3 is 0 Å². The number of fused-ring (bicyclic) bond motifs is 1. The molecule has 0 aliphatic carbocycles. The summed E-state index contributed by atoms with van der Waals surface area (Å²) in [5.74, 6) is -1.74. The Hall–Kier alpha value is -2.51. The number of imidazole rings is 1. The molecule has 0 spiro atoms. The number of anilines is 1. The minimum Gasteiger partial charge on any atom is -0.496 e. The van der Waals surface area contributed by atoms with Crippen molar-refractivity contribution in [2.45, 2.75) is 0 Å². The van der Waals surface area contributed by atoms with Crippen LogP contribution < -0.4 is 15.8 Å². The molecule has 1 saturated heterocycles. The van der Waals surface area contributed by atoms with Gasteiger partial charge in [0.2, 0.25) is 5.95 Å². The summed E-state index contributed by atoms with van der Waals surface area (Å²) < 4.78 is 48.9. The van der Waals surface area contributed by atoms with Crippen LogP contribution in [0.5, 0.6) is 5.75 Å². The maximum Gasteiger partial charge on any atom is 0.224 e. The predicted molar refractivity (Wildman–Crippen MR) is 104 cm³/mol. The van der Waals surface area contributed by atoms with Gasteiger partial charge in [0.1, 0.15) is 18.5 Å². The van der Waals surface area contributed by atoms with E-state index in [4.69, 9.17) is 10.5 Å². The highest BCUT2D eigenvalue weighted by atomic mass is 31.2. The average molecular weight is 407 g/mol. The summed E-state index contributed by atoms with van der Waals surface area (Å²) in [5, 5.41) is 0.583. The number of nitrogen functional groups attached to an aromatic ring is 1. The van der Waals surface area contributed by atoms with Crippen molar-refractivity contribution in [3.63, 3.8) is 0 Å². The summed E-state index contributed by atoms with van der Waals surface area (Å²) >= 11 is 0. The van der Waals surface area contributed by atoms with Gasteiger partial charge in [0.05, 0.1) is 29.9 Å². The van der Waals surface area contributed by atoms with Crippen molar-refractivity contribution in [2.75, 3.05) is 45.3 Å². The van der Waals surface area contributed by atoms with Gasteiger partial charge in [0, 0.05) is 37.7 Å². The Balaban J connectivity index is 1.91. The monoisotopic (exact) mass is 407 g/mol. The largest absolute Gasteiger partial charge is 0.496 e. The van der Waals surface area contributed by atoms with E-state index in [9.17, 15) is 13.3 Å². The number of halogens is 2. The van der Waals surface area contributed by atoms with Gasteiger partial charge in [-0.3, -0.25) is 4.40 Å². The fourth-order valence-electron chi connectivity index (χ4n) is 3.45. The highest BCUT2D eigenvalue weighted by molar-refractivity contribution is 7.71. The Morgan fingerprint density at radius 1 is 1.25 bits per heavy atom. The Kier molecular flexibility index (Phi) is 4.59. The third-order valence-electron chi connectivity index (χ3n) is 5.17. The highest BCUT2D eigenvalue weighted by Gasteiger charge is 2.33. The molecule has 2 N–H and O–H groups in total. The minimum atomic E-state index is -2.70. The summed E-state index contributed by atoms with van der Waals surface area (Å²) in [6.45, 7) is 1.44. The van der Waals surface area contributed by atoms with Gasteiger partial charge in [-0.05, 0) is 13.1 Å². The zero-order valence-electron chi connectivity index (χ0n) is 15.5. The molecule has 0 aromatic carbocycles. The van der Waals surface area contributed by atoms with E-state index < -0.39 is 24.7 Å². The van der Waals surface area contributed by atoms with Crippen molar-refractivity contribution in [1.82, 2.24) is 19.3 Å². The second-order valence-electron chi connectivity index (χ2n) is 6.93. The van der Waals surface area contributed by atoms with E-state index in [1.54, 1.807) is 16.7 Å². The van der Waals surface area contributed by atoms with Crippen LogP contribution in [0.15, 0.2) is 24.5 Å². The van der Waals surface area contributed by atoms with Gasteiger partial charge in [-0.2, -0.15) is 9.37 Å². The molecule has 0 radical (unpaired) electrons. The first-order valence-corrected chi connectivity index (χ1v) is 10.8. The molecule has 148 valence electrons. The second-order valence-corrected chi connectivity index (χ2v) is 10.1. The summed E-state index contributed by atoms with van der Waals surface area (Å²) in [7, 11) is 0.807. The van der Waals surface area contributed by atoms with Crippen LogP contribution in [-0.2, 0) is 4.57 Å². The smallest absolute Gasteiger partial charge is 0.224 e. The van der Waals surface area contributed by atoms with Crippen molar-refractivity contribution in [2.24, 2.45) is 0 Å². The fraction of sp³-hybridized carbons (Fsp3) is 0.333. The lowest BCUT2D eigenvalue weighted by molar-refractivity contribution is 0.360. The first-order valence-electron chi connectivity index (χ1n) is 8.76. The van der Waals surface area contributed by atoms with Crippen LogP contribution in [-0.4, -0.2) is 58.8 Å². The maximum absolute atomic E-state index is 14.4. The SMILES string of the molecule is COc1cc2ncc(-c3cc(F)c(N)nc3F)n2cc1P1(=O)CCN(C)CC1. The van der Waals surface area contributed by atoms with E-state index in [0.717, 1.165) is 19.2 Å². The molecule has 0 saturated carbocycles. The lowest BCUT2D eigenvalue weighted by atomic mass is 10.2. The summed E-state index contributed by atoms with van der Waals surface area (Å²) in [6.07, 6.45) is 4.14. The molecule has 28 heavy (non-hydrogen) atoms. The molecule has 1 aliphatic rings. The quantitative estimate of drug-likeness (QED) is 0.529. The Bertz CT molecular complexity index is 1110. The number of hydrogen-bond donors (Lipinski definition) is 1. The summed E-state index contributed by atoms with van der Waals surface area (Å²) in [6, 6.07) is 2.65. The van der Waals surface area contributed by atoms with Gasteiger partial charge in [0.15, 0.2) is 11.6 Å². The first-order chi connectivity index (χ1) is 13.3. The normalized spacial score (nSPS) is 17.1. The first kappa shape index (κ1) is 18.8. The topological polar surface area (TPSA) is 85.7 Å². The number of hydrogen-bond acceptors (Lipinski definition) is 6. The molecular formula is C18H20F2N5O2P. The minimum absolute atomic E-state index is 0.0722. The predicted octanol–water partition coefficient (Wildman–Crippen LogP) is 2.20. The lowest BCUT2D eigenvalue weighted by Gasteiger charge is -2.30. The van der Waals surface area contributed by atoms with Crippen molar-refractivity contribution < 1.29 is 18.1 Å². The number of aromatic nitrogens is 3. The van der Waals surface area contributed by atoms with Crippen LogP contribution in [0.3, 0.4) is 0 Å². The molecule has 10 heteroatoms. The van der Waals surface area contributed by atoms with Crippen LogP contribution in [0, 0.1) is 11.8 Å². The Morgan fingerprint density at radius 2 is 1.96 bits per heavy atom. The molecule has 0 bridgehead atoms. The fourth-order valence-corrected chi connectivity index (χ4v) is 6.37. The third kappa shape index (κ3) is 3.04. The van der Waals surface area contributed by atoms with Gasteiger partial charge in [0.25, 0.3) is 0 Å². The van der Waals surface area contributed by atoms with Crippen LogP contribution >= 0.6 is 7.14 Å². The van der Waals surface area contributed by atoms with E-state index in [-0.39, 0.29) is 5.56 Å². The number of methoxy groups -OCH3 is 1. The van der Waals surface area contributed by atoms with Gasteiger partial charge < -0.3 is 19.9 Å². The second kappa shape index (κ2) is 6.83. The van der Waals surface area contributed by atoms with Gasteiger partial charge in [-0.15, -0.1) is 0 Å². The maximum atomic E-state index is 14.4. The standard InChI is InChI=1S/C18H20F2N5O2P/c1-24-3-5-28(26,6-4-24)15-10-25-13(9-22-16(25)8-14(15)27-2)11-7-12(19)18(21)23-17(11)20/h7-10H,3-6H2,1-2H3,(H2,21,23). The van der Waals surface area contributed by atoms with Crippen LogP contribution in [0.4, 0.5) is 14.6 Å². The number of pyridine rings is 2. The van der Waals surface area contributed by atoms with E-state index in [1.165, 1.54) is 13.3 Å². The zero-order chi connectivity index (χ0) is 20.1. The van der Waals surface area contributed by atoms with E-state index in [2.05, 4.69) is 14.9 Å². The highest BCUT2D eigenvalue weighted by Crippen LogP contribution is 2.48. The number of ether oxygens (including phenoxy) is 1. The van der Waals surface area contributed by atoms with Crippen molar-refractivity contribution in [3.8, 4) is 17.0 Å². The number of nitrogens with two attached hydrogens (primary N) is 1. The lowest BCUT2D eigenvalue weighted by Crippen LogP contribution is -2.34. The van der Waals surface area contributed by atoms with E-state index >= 15 is 0 Å². The number of rotatable bonds is 3.